The maximum atomic E-state index is 12.2. The fraction of sp³-hybridized carbons (Fsp3) is 0.400. The average molecular weight is 354 g/mol. The van der Waals surface area contributed by atoms with E-state index in [0.29, 0.717) is 0 Å². The molecule has 1 unspecified atom stereocenters. The fourth-order valence-corrected chi connectivity index (χ4v) is 3.28. The number of amides is 2. The molecule has 138 valence electrons. The Hall–Kier alpha value is -2.76. The molecule has 0 radical (unpaired) electrons. The Kier molecular flexibility index (Phi) is 5.94. The van der Waals surface area contributed by atoms with Gasteiger partial charge >= 0.3 is 6.03 Å². The minimum absolute atomic E-state index is 0.0214. The number of hydrogen-bond acceptors (Lipinski definition) is 4. The molecule has 0 spiro atoms. The van der Waals surface area contributed by atoms with E-state index in [4.69, 9.17) is 0 Å². The Bertz CT molecular complexity index is 698. The van der Waals surface area contributed by atoms with E-state index < -0.39 is 0 Å². The van der Waals surface area contributed by atoms with Gasteiger partial charge in [-0.1, -0.05) is 18.2 Å². The van der Waals surface area contributed by atoms with Crippen LogP contribution in [0.4, 0.5) is 10.6 Å². The van der Waals surface area contributed by atoms with Gasteiger partial charge in [0.15, 0.2) is 0 Å². The number of phenolic OH excluding ortho intramolecular Hbond substituents is 1. The average Bonchev–Trinajstić information content (AvgIpc) is 2.65. The van der Waals surface area contributed by atoms with Crippen LogP contribution in [0.5, 0.6) is 5.75 Å². The minimum Gasteiger partial charge on any atom is -0.508 e. The number of phenols is 1. The van der Waals surface area contributed by atoms with Gasteiger partial charge in [-0.2, -0.15) is 0 Å². The van der Waals surface area contributed by atoms with Gasteiger partial charge < -0.3 is 20.6 Å². The molecule has 26 heavy (non-hydrogen) atoms. The molecule has 0 bridgehead atoms. The number of rotatable bonds is 5. The molecule has 1 aliphatic heterocycles. The van der Waals surface area contributed by atoms with Crippen molar-refractivity contribution >= 4 is 11.8 Å². The quantitative estimate of drug-likeness (QED) is 0.771. The van der Waals surface area contributed by atoms with E-state index in [2.05, 4.69) is 20.5 Å². The van der Waals surface area contributed by atoms with E-state index >= 15 is 0 Å². The van der Waals surface area contributed by atoms with Crippen molar-refractivity contribution in [2.75, 3.05) is 18.0 Å². The second kappa shape index (κ2) is 8.56. The summed E-state index contributed by atoms with van der Waals surface area (Å²) >= 11 is 0. The van der Waals surface area contributed by atoms with Crippen molar-refractivity contribution < 1.29 is 9.90 Å². The van der Waals surface area contributed by atoms with Crippen molar-refractivity contribution in [2.45, 2.75) is 38.3 Å². The number of carbonyl (C=O) groups excluding carboxylic acids is 1. The Labute approximate surface area is 154 Å². The van der Waals surface area contributed by atoms with Crippen LogP contribution in [0.15, 0.2) is 48.7 Å². The number of pyridine rings is 1. The molecule has 6 nitrogen and oxygen atoms in total. The van der Waals surface area contributed by atoms with Gasteiger partial charge in [-0.15, -0.1) is 0 Å². The van der Waals surface area contributed by atoms with Crippen molar-refractivity contribution in [1.29, 1.82) is 0 Å². The summed E-state index contributed by atoms with van der Waals surface area (Å²) in [6.07, 6.45) is 4.36. The van der Waals surface area contributed by atoms with Crippen LogP contribution in [0.25, 0.3) is 0 Å². The highest BCUT2D eigenvalue weighted by Gasteiger charge is 2.21. The summed E-state index contributed by atoms with van der Waals surface area (Å²) in [5.74, 6) is 1.25. The first-order valence-electron chi connectivity index (χ1n) is 9.11. The van der Waals surface area contributed by atoms with Gasteiger partial charge in [-0.3, -0.25) is 0 Å². The summed E-state index contributed by atoms with van der Waals surface area (Å²) in [5.41, 5.74) is 1.08. The predicted molar refractivity (Wildman–Crippen MR) is 102 cm³/mol. The van der Waals surface area contributed by atoms with Crippen LogP contribution < -0.4 is 15.5 Å². The number of nitrogens with one attached hydrogen (secondary N) is 2. The van der Waals surface area contributed by atoms with Crippen LogP contribution in [-0.2, 0) is 6.42 Å². The molecule has 1 aromatic carbocycles. The summed E-state index contributed by atoms with van der Waals surface area (Å²) in [6.45, 7) is 3.77. The number of nitrogens with zero attached hydrogens (tertiary/aromatic N) is 2. The summed E-state index contributed by atoms with van der Waals surface area (Å²) in [4.78, 5) is 18.9. The van der Waals surface area contributed by atoms with E-state index in [1.807, 2.05) is 43.5 Å². The van der Waals surface area contributed by atoms with E-state index in [1.165, 1.54) is 0 Å². The van der Waals surface area contributed by atoms with Gasteiger partial charge in [0.2, 0.25) is 0 Å². The van der Waals surface area contributed by atoms with Gasteiger partial charge in [0.05, 0.1) is 0 Å². The molecule has 1 aliphatic rings. The highest BCUT2D eigenvalue weighted by atomic mass is 16.3. The fourth-order valence-electron chi connectivity index (χ4n) is 3.28. The zero-order chi connectivity index (χ0) is 18.4. The van der Waals surface area contributed by atoms with Gasteiger partial charge in [0.1, 0.15) is 11.6 Å². The molecule has 1 saturated heterocycles. The molecular formula is C20H26N4O2. The first kappa shape index (κ1) is 18.0. The molecule has 2 amide bonds. The number of anilines is 1. The number of piperidine rings is 1. The summed E-state index contributed by atoms with van der Waals surface area (Å²) in [5, 5.41) is 15.4. The number of urea groups is 1. The molecule has 1 atom stereocenters. The molecule has 1 fully saturated rings. The lowest BCUT2D eigenvalue weighted by atomic mass is 10.0. The monoisotopic (exact) mass is 354 g/mol. The van der Waals surface area contributed by atoms with Crippen LogP contribution in [0, 0.1) is 0 Å². The molecule has 0 saturated carbocycles. The molecule has 0 aliphatic carbocycles. The van der Waals surface area contributed by atoms with Gasteiger partial charge in [0.25, 0.3) is 0 Å². The lowest BCUT2D eigenvalue weighted by molar-refractivity contribution is 0.231. The van der Waals surface area contributed by atoms with Crippen LogP contribution in [-0.4, -0.2) is 41.3 Å². The normalized spacial score (nSPS) is 16.1. The summed E-state index contributed by atoms with van der Waals surface area (Å²) < 4.78 is 0. The number of hydrogen-bond donors (Lipinski definition) is 3. The van der Waals surface area contributed by atoms with Gasteiger partial charge in [0, 0.05) is 31.4 Å². The number of aromatic hydroxyl groups is 1. The largest absolute Gasteiger partial charge is 0.508 e. The lowest BCUT2D eigenvalue weighted by Crippen LogP contribution is -2.50. The van der Waals surface area contributed by atoms with Crippen molar-refractivity contribution in [3.05, 3.63) is 54.2 Å². The molecule has 6 heteroatoms. The van der Waals surface area contributed by atoms with E-state index in [9.17, 15) is 9.90 Å². The number of benzene rings is 1. The summed E-state index contributed by atoms with van der Waals surface area (Å²) in [6, 6.07) is 13.1. The van der Waals surface area contributed by atoms with Crippen LogP contribution >= 0.6 is 0 Å². The molecule has 1 aromatic heterocycles. The van der Waals surface area contributed by atoms with E-state index in [-0.39, 0.29) is 23.9 Å². The third kappa shape index (κ3) is 5.12. The minimum atomic E-state index is -0.118. The zero-order valence-corrected chi connectivity index (χ0v) is 15.1. The molecule has 2 aromatic rings. The Morgan fingerprint density at radius 3 is 2.62 bits per heavy atom. The Morgan fingerprint density at radius 2 is 1.96 bits per heavy atom. The molecular weight excluding hydrogens is 328 g/mol. The second-order valence-electron chi connectivity index (χ2n) is 6.84. The van der Waals surface area contributed by atoms with Gasteiger partial charge in [-0.25, -0.2) is 9.78 Å². The Balaban J connectivity index is 1.40. The van der Waals surface area contributed by atoms with E-state index in [1.54, 1.807) is 12.1 Å². The first-order valence-corrected chi connectivity index (χ1v) is 9.11. The molecule has 2 heterocycles. The van der Waals surface area contributed by atoms with Crippen LogP contribution in [0.2, 0.25) is 0 Å². The maximum Gasteiger partial charge on any atom is 0.315 e. The smallest absolute Gasteiger partial charge is 0.315 e. The van der Waals surface area contributed by atoms with Crippen molar-refractivity contribution in [1.82, 2.24) is 15.6 Å². The summed E-state index contributed by atoms with van der Waals surface area (Å²) in [7, 11) is 0. The Morgan fingerprint density at radius 1 is 1.23 bits per heavy atom. The van der Waals surface area contributed by atoms with Crippen LogP contribution in [0.3, 0.4) is 0 Å². The third-order valence-electron chi connectivity index (χ3n) is 4.66. The van der Waals surface area contributed by atoms with Gasteiger partial charge in [-0.05, 0) is 56.0 Å². The zero-order valence-electron chi connectivity index (χ0n) is 15.1. The lowest BCUT2D eigenvalue weighted by Gasteiger charge is -2.33. The standard InChI is InChI=1S/C20H26N4O2/c1-15(14-16-5-7-18(25)8-6-16)22-20(26)23-17-9-12-24(13-10-17)19-4-2-3-11-21-19/h2-8,11,15,17,25H,9-10,12-14H2,1H3,(H2,22,23,26). The SMILES string of the molecule is CC(Cc1ccc(O)cc1)NC(=O)NC1CCN(c2ccccn2)CC1. The third-order valence-corrected chi connectivity index (χ3v) is 4.66. The topological polar surface area (TPSA) is 77.5 Å². The number of carbonyl (C=O) groups is 1. The molecule has 3 N–H and O–H groups in total. The van der Waals surface area contributed by atoms with Crippen molar-refractivity contribution in [2.24, 2.45) is 0 Å². The van der Waals surface area contributed by atoms with Crippen molar-refractivity contribution in [3.63, 3.8) is 0 Å². The van der Waals surface area contributed by atoms with Crippen molar-refractivity contribution in [3.8, 4) is 5.75 Å². The second-order valence-corrected chi connectivity index (χ2v) is 6.84. The highest BCUT2D eigenvalue weighted by molar-refractivity contribution is 5.74. The highest BCUT2D eigenvalue weighted by Crippen LogP contribution is 2.17. The molecule has 3 rings (SSSR count). The van der Waals surface area contributed by atoms with E-state index in [0.717, 1.165) is 43.7 Å². The number of aromatic nitrogens is 1. The maximum absolute atomic E-state index is 12.2. The first-order chi connectivity index (χ1) is 12.6. The predicted octanol–water partition coefficient (Wildman–Crippen LogP) is 2.69. The van der Waals surface area contributed by atoms with Crippen LogP contribution in [0.1, 0.15) is 25.3 Å².